The summed E-state index contributed by atoms with van der Waals surface area (Å²) >= 11 is 6.22. The van der Waals surface area contributed by atoms with E-state index < -0.39 is 0 Å². The fraction of sp³-hybridized carbons (Fsp3) is 0.500. The van der Waals surface area contributed by atoms with Crippen LogP contribution in [0.15, 0.2) is 18.2 Å². The Morgan fingerprint density at radius 3 is 2.69 bits per heavy atom. The van der Waals surface area contributed by atoms with Gasteiger partial charge in [0.25, 0.3) is 0 Å². The van der Waals surface area contributed by atoms with E-state index in [1.165, 1.54) is 24.0 Å². The molecule has 0 aliphatic heterocycles. The number of hydrogen-bond acceptors (Lipinski definition) is 0. The minimum absolute atomic E-state index is 0.581. The summed E-state index contributed by atoms with van der Waals surface area (Å²) in [5, 5.41) is 0.948. The molecule has 0 spiro atoms. The van der Waals surface area contributed by atoms with Crippen molar-refractivity contribution >= 4 is 11.6 Å². The van der Waals surface area contributed by atoms with Crippen LogP contribution >= 0.6 is 11.6 Å². The molecule has 1 aromatic rings. The molecule has 0 saturated carbocycles. The highest BCUT2D eigenvalue weighted by Gasteiger charge is 2.09. The van der Waals surface area contributed by atoms with Crippen LogP contribution in [-0.4, -0.2) is 0 Å². The van der Waals surface area contributed by atoms with Crippen LogP contribution in [0.2, 0.25) is 5.02 Å². The molecule has 1 unspecified atom stereocenters. The number of rotatable bonds is 3. The first-order valence-electron chi connectivity index (χ1n) is 4.91. The van der Waals surface area contributed by atoms with Crippen LogP contribution in [0.5, 0.6) is 0 Å². The minimum atomic E-state index is 0.581. The Morgan fingerprint density at radius 1 is 1.38 bits per heavy atom. The van der Waals surface area contributed by atoms with E-state index in [1.54, 1.807) is 0 Å². The quantitative estimate of drug-likeness (QED) is 0.665. The van der Waals surface area contributed by atoms with Gasteiger partial charge < -0.3 is 0 Å². The summed E-state index contributed by atoms with van der Waals surface area (Å²) in [5.41, 5.74) is 2.48. The third kappa shape index (κ3) is 2.47. The minimum Gasteiger partial charge on any atom is -0.0837 e. The summed E-state index contributed by atoms with van der Waals surface area (Å²) in [4.78, 5) is 0. The topological polar surface area (TPSA) is 0 Å². The van der Waals surface area contributed by atoms with Gasteiger partial charge in [-0.25, -0.2) is 0 Å². The maximum absolute atomic E-state index is 6.22. The summed E-state index contributed by atoms with van der Waals surface area (Å²) in [6.07, 6.45) is 2.43. The monoisotopic (exact) mass is 196 g/mol. The zero-order valence-electron chi connectivity index (χ0n) is 8.60. The van der Waals surface area contributed by atoms with Crippen LogP contribution < -0.4 is 0 Å². The Labute approximate surface area is 85.9 Å². The summed E-state index contributed by atoms with van der Waals surface area (Å²) in [6.45, 7) is 6.51. The highest BCUT2D eigenvalue weighted by Crippen LogP contribution is 2.29. The molecule has 0 fully saturated rings. The van der Waals surface area contributed by atoms with E-state index in [9.17, 15) is 0 Å². The lowest BCUT2D eigenvalue weighted by Gasteiger charge is -2.13. The Bertz CT molecular complexity index is 278. The maximum Gasteiger partial charge on any atom is 0.0469 e. The second-order valence-electron chi connectivity index (χ2n) is 3.67. The van der Waals surface area contributed by atoms with Crippen molar-refractivity contribution in [3.63, 3.8) is 0 Å². The van der Waals surface area contributed by atoms with Crippen molar-refractivity contribution in [2.75, 3.05) is 0 Å². The van der Waals surface area contributed by atoms with Gasteiger partial charge in [0.05, 0.1) is 0 Å². The Kier molecular flexibility index (Phi) is 3.80. The fourth-order valence-electron chi connectivity index (χ4n) is 1.64. The number of halogens is 1. The third-order valence-corrected chi connectivity index (χ3v) is 2.99. The molecule has 1 atom stereocenters. The van der Waals surface area contributed by atoms with Crippen LogP contribution in [0.4, 0.5) is 0 Å². The predicted molar refractivity (Wildman–Crippen MR) is 59.5 cm³/mol. The Balaban J connectivity index is 2.93. The SMILES string of the molecule is CCCC(C)c1cccc(C)c1Cl. The molecule has 13 heavy (non-hydrogen) atoms. The van der Waals surface area contributed by atoms with E-state index in [0.29, 0.717) is 5.92 Å². The molecule has 0 bridgehead atoms. The molecule has 0 aliphatic carbocycles. The van der Waals surface area contributed by atoms with Gasteiger partial charge in [-0.2, -0.15) is 0 Å². The van der Waals surface area contributed by atoms with Gasteiger partial charge in [0, 0.05) is 5.02 Å². The normalized spacial score (nSPS) is 12.9. The predicted octanol–water partition coefficient (Wildman–Crippen LogP) is 4.55. The van der Waals surface area contributed by atoms with Crippen LogP contribution in [0.3, 0.4) is 0 Å². The smallest absolute Gasteiger partial charge is 0.0469 e. The van der Waals surface area contributed by atoms with E-state index in [1.807, 2.05) is 0 Å². The Morgan fingerprint density at radius 2 is 2.08 bits per heavy atom. The van der Waals surface area contributed by atoms with Crippen LogP contribution in [0, 0.1) is 6.92 Å². The first kappa shape index (κ1) is 10.6. The van der Waals surface area contributed by atoms with Gasteiger partial charge in [-0.3, -0.25) is 0 Å². The fourth-order valence-corrected chi connectivity index (χ4v) is 1.95. The highest BCUT2D eigenvalue weighted by molar-refractivity contribution is 6.32. The second-order valence-corrected chi connectivity index (χ2v) is 4.05. The van der Waals surface area contributed by atoms with Crippen LogP contribution in [0.1, 0.15) is 43.7 Å². The zero-order chi connectivity index (χ0) is 9.84. The molecule has 72 valence electrons. The first-order valence-corrected chi connectivity index (χ1v) is 5.29. The molecular formula is C12H17Cl. The van der Waals surface area contributed by atoms with E-state index >= 15 is 0 Å². The second kappa shape index (κ2) is 4.66. The van der Waals surface area contributed by atoms with Crippen molar-refractivity contribution in [1.82, 2.24) is 0 Å². The van der Waals surface area contributed by atoms with Crippen molar-refractivity contribution in [2.24, 2.45) is 0 Å². The molecule has 0 aromatic heterocycles. The third-order valence-electron chi connectivity index (χ3n) is 2.47. The average molecular weight is 197 g/mol. The van der Waals surface area contributed by atoms with Gasteiger partial charge in [0.1, 0.15) is 0 Å². The summed E-state index contributed by atoms with van der Waals surface area (Å²) in [7, 11) is 0. The van der Waals surface area contributed by atoms with Gasteiger partial charge in [-0.1, -0.05) is 50.1 Å². The highest BCUT2D eigenvalue weighted by atomic mass is 35.5. The Hall–Kier alpha value is -0.490. The van der Waals surface area contributed by atoms with Gasteiger partial charge in [0.15, 0.2) is 0 Å². The number of hydrogen-bond donors (Lipinski definition) is 0. The van der Waals surface area contributed by atoms with E-state index in [2.05, 4.69) is 39.0 Å². The van der Waals surface area contributed by atoms with Gasteiger partial charge in [0.2, 0.25) is 0 Å². The number of benzene rings is 1. The molecule has 1 rings (SSSR count). The van der Waals surface area contributed by atoms with Gasteiger partial charge in [-0.05, 0) is 30.4 Å². The molecule has 0 N–H and O–H groups in total. The number of aryl methyl sites for hydroxylation is 1. The largest absolute Gasteiger partial charge is 0.0837 e. The van der Waals surface area contributed by atoms with E-state index in [4.69, 9.17) is 11.6 Å². The molecule has 0 heterocycles. The summed E-state index contributed by atoms with van der Waals surface area (Å²) in [5.74, 6) is 0.581. The van der Waals surface area contributed by atoms with Crippen molar-refractivity contribution in [2.45, 2.75) is 39.5 Å². The molecule has 0 aliphatic rings. The van der Waals surface area contributed by atoms with Crippen molar-refractivity contribution in [3.05, 3.63) is 34.3 Å². The van der Waals surface area contributed by atoms with E-state index in [0.717, 1.165) is 5.02 Å². The maximum atomic E-state index is 6.22. The summed E-state index contributed by atoms with van der Waals surface area (Å²) < 4.78 is 0. The van der Waals surface area contributed by atoms with Crippen molar-refractivity contribution in [3.8, 4) is 0 Å². The molecular weight excluding hydrogens is 180 g/mol. The lowest BCUT2D eigenvalue weighted by Crippen LogP contribution is -1.95. The van der Waals surface area contributed by atoms with Crippen LogP contribution in [0.25, 0.3) is 0 Å². The molecule has 0 radical (unpaired) electrons. The molecule has 0 nitrogen and oxygen atoms in total. The average Bonchev–Trinajstić information content (AvgIpc) is 2.10. The summed E-state index contributed by atoms with van der Waals surface area (Å²) in [6, 6.07) is 6.28. The molecule has 0 amide bonds. The lowest BCUT2D eigenvalue weighted by molar-refractivity contribution is 0.664. The van der Waals surface area contributed by atoms with Crippen molar-refractivity contribution < 1.29 is 0 Å². The zero-order valence-corrected chi connectivity index (χ0v) is 9.36. The van der Waals surface area contributed by atoms with Gasteiger partial charge >= 0.3 is 0 Å². The molecule has 1 aromatic carbocycles. The van der Waals surface area contributed by atoms with Crippen molar-refractivity contribution in [1.29, 1.82) is 0 Å². The standard InChI is InChI=1S/C12H17Cl/c1-4-6-9(2)11-8-5-7-10(3)12(11)13/h5,7-9H,4,6H2,1-3H3. The first-order chi connectivity index (χ1) is 6.16. The lowest BCUT2D eigenvalue weighted by atomic mass is 9.95. The van der Waals surface area contributed by atoms with Crippen LogP contribution in [-0.2, 0) is 0 Å². The molecule has 1 heteroatoms. The molecule has 0 saturated heterocycles. The van der Waals surface area contributed by atoms with E-state index in [-0.39, 0.29) is 0 Å². The van der Waals surface area contributed by atoms with Gasteiger partial charge in [-0.15, -0.1) is 0 Å².